The average Bonchev–Trinajstić information content (AvgIpc) is 2.18. The molecule has 0 N–H and O–H groups in total. The van der Waals surface area contributed by atoms with Crippen molar-refractivity contribution in [3.63, 3.8) is 0 Å². The Bertz CT molecular complexity index is 344. The van der Waals surface area contributed by atoms with Gasteiger partial charge in [0, 0.05) is 5.75 Å². The Morgan fingerprint density at radius 1 is 1.50 bits per heavy atom. The van der Waals surface area contributed by atoms with Crippen molar-refractivity contribution in [2.45, 2.75) is 19.8 Å². The van der Waals surface area contributed by atoms with Crippen LogP contribution in [0.3, 0.4) is 0 Å². The van der Waals surface area contributed by atoms with Crippen molar-refractivity contribution in [3.05, 3.63) is 35.1 Å². The van der Waals surface area contributed by atoms with E-state index in [1.807, 2.05) is 11.5 Å². The first-order valence-electron chi connectivity index (χ1n) is 4.50. The Morgan fingerprint density at radius 3 is 2.93 bits per heavy atom. The van der Waals surface area contributed by atoms with Crippen LogP contribution in [0.4, 0.5) is 4.39 Å². The molecule has 1 rings (SSSR count). The summed E-state index contributed by atoms with van der Waals surface area (Å²) in [6, 6.07) is 5.17. The Balaban J connectivity index is 2.44. The lowest BCUT2D eigenvalue weighted by atomic mass is 10.1. The SMILES string of the molecule is Cc1cc(CCCSC#N)ccc1F. The minimum atomic E-state index is -0.153. The molecule has 0 atom stereocenters. The van der Waals surface area contributed by atoms with Gasteiger partial charge in [-0.05, 0) is 48.7 Å². The molecular weight excluding hydrogens is 197 g/mol. The van der Waals surface area contributed by atoms with Crippen molar-refractivity contribution >= 4 is 11.8 Å². The smallest absolute Gasteiger partial charge is 0.133 e. The van der Waals surface area contributed by atoms with Gasteiger partial charge < -0.3 is 0 Å². The first kappa shape index (κ1) is 11.1. The van der Waals surface area contributed by atoms with E-state index in [4.69, 9.17) is 5.26 Å². The quantitative estimate of drug-likeness (QED) is 0.561. The Kier molecular flexibility index (Phi) is 4.48. The number of thiocyanates is 1. The zero-order chi connectivity index (χ0) is 10.4. The van der Waals surface area contributed by atoms with Crippen LogP contribution in [0.1, 0.15) is 17.5 Å². The van der Waals surface area contributed by atoms with Gasteiger partial charge in [-0.15, -0.1) is 0 Å². The molecule has 3 heteroatoms. The number of hydrogen-bond acceptors (Lipinski definition) is 2. The van der Waals surface area contributed by atoms with Crippen molar-refractivity contribution < 1.29 is 4.39 Å². The molecule has 0 unspecified atom stereocenters. The Hall–Kier alpha value is -1.01. The Morgan fingerprint density at radius 2 is 2.29 bits per heavy atom. The van der Waals surface area contributed by atoms with E-state index in [0.29, 0.717) is 5.56 Å². The lowest BCUT2D eigenvalue weighted by Crippen LogP contribution is -1.90. The summed E-state index contributed by atoms with van der Waals surface area (Å²) in [4.78, 5) is 0. The maximum absolute atomic E-state index is 12.9. The first-order valence-corrected chi connectivity index (χ1v) is 5.48. The van der Waals surface area contributed by atoms with Crippen LogP contribution in [0.25, 0.3) is 0 Å². The zero-order valence-corrected chi connectivity index (χ0v) is 8.90. The lowest BCUT2D eigenvalue weighted by Gasteiger charge is -2.02. The molecule has 0 fully saturated rings. The summed E-state index contributed by atoms with van der Waals surface area (Å²) in [6.45, 7) is 1.77. The molecule has 1 aromatic rings. The monoisotopic (exact) mass is 209 g/mol. The molecule has 0 aromatic heterocycles. The third-order valence-electron chi connectivity index (χ3n) is 2.00. The fourth-order valence-electron chi connectivity index (χ4n) is 1.26. The van der Waals surface area contributed by atoms with Gasteiger partial charge in [0.05, 0.1) is 0 Å². The second-order valence-corrected chi connectivity index (χ2v) is 4.01. The number of nitriles is 1. The van der Waals surface area contributed by atoms with Crippen LogP contribution in [-0.2, 0) is 6.42 Å². The average molecular weight is 209 g/mol. The van der Waals surface area contributed by atoms with Gasteiger partial charge in [-0.25, -0.2) is 4.39 Å². The van der Waals surface area contributed by atoms with E-state index in [0.717, 1.165) is 24.2 Å². The molecule has 1 aromatic carbocycles. The summed E-state index contributed by atoms with van der Waals surface area (Å²) in [7, 11) is 0. The molecule has 0 spiro atoms. The third-order valence-corrected chi connectivity index (χ3v) is 2.62. The van der Waals surface area contributed by atoms with Crippen LogP contribution in [0, 0.1) is 23.4 Å². The standard InChI is InChI=1S/C11H12FNS/c1-9-7-10(4-5-11(9)12)3-2-6-14-8-13/h4-5,7H,2-3,6H2,1H3. The molecule has 0 aliphatic rings. The largest absolute Gasteiger partial charge is 0.207 e. The molecule has 14 heavy (non-hydrogen) atoms. The normalized spacial score (nSPS) is 9.79. The number of aryl methyl sites for hydroxylation is 2. The topological polar surface area (TPSA) is 23.8 Å². The second-order valence-electron chi connectivity index (χ2n) is 3.13. The highest BCUT2D eigenvalue weighted by molar-refractivity contribution is 8.03. The minimum Gasteiger partial charge on any atom is -0.207 e. The predicted molar refractivity (Wildman–Crippen MR) is 57.5 cm³/mol. The van der Waals surface area contributed by atoms with Gasteiger partial charge in [-0.1, -0.05) is 12.1 Å². The molecule has 1 nitrogen and oxygen atoms in total. The van der Waals surface area contributed by atoms with E-state index in [-0.39, 0.29) is 5.82 Å². The van der Waals surface area contributed by atoms with Crippen LogP contribution in [0.5, 0.6) is 0 Å². The van der Waals surface area contributed by atoms with Crippen molar-refractivity contribution in [2.75, 3.05) is 5.75 Å². The van der Waals surface area contributed by atoms with Crippen LogP contribution in [-0.4, -0.2) is 5.75 Å². The Labute approximate surface area is 87.9 Å². The number of rotatable bonds is 4. The summed E-state index contributed by atoms with van der Waals surface area (Å²) in [5.74, 6) is 0.688. The summed E-state index contributed by atoms with van der Waals surface area (Å²) in [5.41, 5.74) is 1.83. The van der Waals surface area contributed by atoms with Gasteiger partial charge in [0.2, 0.25) is 0 Å². The summed E-state index contributed by atoms with van der Waals surface area (Å²) in [6.07, 6.45) is 1.87. The van der Waals surface area contributed by atoms with E-state index in [9.17, 15) is 4.39 Å². The molecule has 0 saturated heterocycles. The molecule has 0 radical (unpaired) electrons. The molecule has 0 bridgehead atoms. The van der Waals surface area contributed by atoms with Crippen LogP contribution >= 0.6 is 11.8 Å². The van der Waals surface area contributed by atoms with Crippen LogP contribution in [0.15, 0.2) is 18.2 Å². The zero-order valence-electron chi connectivity index (χ0n) is 8.09. The van der Waals surface area contributed by atoms with Gasteiger partial charge in [0.15, 0.2) is 0 Å². The van der Waals surface area contributed by atoms with Crippen LogP contribution in [0.2, 0.25) is 0 Å². The van der Waals surface area contributed by atoms with Gasteiger partial charge in [0.25, 0.3) is 0 Å². The maximum Gasteiger partial charge on any atom is 0.133 e. The number of benzene rings is 1. The maximum atomic E-state index is 12.9. The number of hydrogen-bond donors (Lipinski definition) is 0. The number of thioether (sulfide) groups is 1. The highest BCUT2D eigenvalue weighted by atomic mass is 32.2. The highest BCUT2D eigenvalue weighted by Gasteiger charge is 1.98. The number of nitrogens with zero attached hydrogens (tertiary/aromatic N) is 1. The third kappa shape index (κ3) is 3.39. The summed E-state index contributed by atoms with van der Waals surface area (Å²) in [5, 5.41) is 10.3. The van der Waals surface area contributed by atoms with E-state index in [1.54, 1.807) is 13.0 Å². The van der Waals surface area contributed by atoms with E-state index in [1.165, 1.54) is 17.8 Å². The fourth-order valence-corrected chi connectivity index (χ4v) is 1.64. The van der Waals surface area contributed by atoms with Gasteiger partial charge in [-0.3, -0.25) is 0 Å². The predicted octanol–water partition coefficient (Wildman–Crippen LogP) is 3.28. The van der Waals surface area contributed by atoms with E-state index < -0.39 is 0 Å². The molecule has 0 heterocycles. The molecule has 74 valence electrons. The molecule has 0 aliphatic heterocycles. The van der Waals surface area contributed by atoms with Crippen LogP contribution < -0.4 is 0 Å². The fraction of sp³-hybridized carbons (Fsp3) is 0.364. The van der Waals surface area contributed by atoms with Gasteiger partial charge in [0.1, 0.15) is 11.2 Å². The van der Waals surface area contributed by atoms with Crippen molar-refractivity contribution in [3.8, 4) is 5.40 Å². The van der Waals surface area contributed by atoms with Gasteiger partial charge >= 0.3 is 0 Å². The second kappa shape index (κ2) is 5.66. The van der Waals surface area contributed by atoms with Crippen molar-refractivity contribution in [2.24, 2.45) is 0 Å². The highest BCUT2D eigenvalue weighted by Crippen LogP contribution is 2.12. The summed E-state index contributed by atoms with van der Waals surface area (Å²) >= 11 is 1.27. The van der Waals surface area contributed by atoms with Gasteiger partial charge in [-0.2, -0.15) is 5.26 Å². The molecular formula is C11H12FNS. The number of halogens is 1. The minimum absolute atomic E-state index is 0.153. The molecule has 0 amide bonds. The van der Waals surface area contributed by atoms with Crippen molar-refractivity contribution in [1.29, 1.82) is 5.26 Å². The molecule has 0 saturated carbocycles. The van der Waals surface area contributed by atoms with Crippen molar-refractivity contribution in [1.82, 2.24) is 0 Å². The van der Waals surface area contributed by atoms with E-state index >= 15 is 0 Å². The van der Waals surface area contributed by atoms with E-state index in [2.05, 4.69) is 0 Å². The summed E-state index contributed by atoms with van der Waals surface area (Å²) < 4.78 is 12.9. The molecule has 0 aliphatic carbocycles. The lowest BCUT2D eigenvalue weighted by molar-refractivity contribution is 0.617. The first-order chi connectivity index (χ1) is 6.74.